The highest BCUT2D eigenvalue weighted by atomic mass is 16.8. The molecule has 1 rings (SSSR count). The third-order valence-electron chi connectivity index (χ3n) is 3.99. The molecule has 0 aromatic carbocycles. The molecule has 17 heteroatoms. The zero-order chi connectivity index (χ0) is 27.1. The highest BCUT2D eigenvalue weighted by Crippen LogP contribution is 2.20. The van der Waals surface area contributed by atoms with Crippen LogP contribution in [0.25, 0.3) is 0 Å². The number of rotatable bonds is 25. The Morgan fingerprint density at radius 2 is 0.676 bits per heavy atom. The van der Waals surface area contributed by atoms with Gasteiger partial charge in [-0.25, -0.2) is 0 Å². The van der Waals surface area contributed by atoms with Gasteiger partial charge < -0.3 is 52.1 Å². The van der Waals surface area contributed by atoms with Crippen LogP contribution in [-0.2, 0) is 52.1 Å². The van der Waals surface area contributed by atoms with Crippen LogP contribution in [0.4, 0.5) is 17.8 Å². The maximum Gasteiger partial charge on any atom is 0.235 e. The summed E-state index contributed by atoms with van der Waals surface area (Å²) in [5.41, 5.74) is 0. The predicted octanol–water partition coefficient (Wildman–Crippen LogP) is -0.215. The zero-order valence-electron chi connectivity index (χ0n) is 22.5. The van der Waals surface area contributed by atoms with E-state index in [9.17, 15) is 0 Å². The second-order valence-corrected chi connectivity index (χ2v) is 6.97. The number of aromatic nitrogens is 3. The number of methoxy groups -OCH3 is 6. The number of ether oxygens (including phenoxy) is 11. The van der Waals surface area contributed by atoms with E-state index >= 15 is 0 Å². The fourth-order valence-electron chi connectivity index (χ4n) is 2.61. The second-order valence-electron chi connectivity index (χ2n) is 6.97. The third-order valence-corrected chi connectivity index (χ3v) is 3.99. The standard InChI is InChI=1S/C20H40N6O11/c1-27-7-24(8-28-2)18-21-19(25(9-29-3)10-30-4)23-20(22-18)26(11-31-5)12-33-14-35-16-37-17-36-15-34-13-32-6/h7-17H2,1-6H3. The molecule has 0 radical (unpaired) electrons. The molecule has 0 unspecified atom stereocenters. The van der Waals surface area contributed by atoms with Crippen molar-refractivity contribution in [1.29, 1.82) is 0 Å². The lowest BCUT2D eigenvalue weighted by Crippen LogP contribution is -2.36. The lowest BCUT2D eigenvalue weighted by molar-refractivity contribution is -0.203. The van der Waals surface area contributed by atoms with E-state index < -0.39 is 0 Å². The van der Waals surface area contributed by atoms with Crippen molar-refractivity contribution in [2.24, 2.45) is 0 Å². The summed E-state index contributed by atoms with van der Waals surface area (Å²) in [5.74, 6) is 0.888. The summed E-state index contributed by atoms with van der Waals surface area (Å²) in [6.45, 7) is 0.970. The van der Waals surface area contributed by atoms with E-state index in [1.807, 2.05) is 0 Å². The Morgan fingerprint density at radius 3 is 1.00 bits per heavy atom. The summed E-state index contributed by atoms with van der Waals surface area (Å²) in [5, 5.41) is 0. The Hall–Kier alpha value is -2.03. The van der Waals surface area contributed by atoms with Crippen LogP contribution in [0.5, 0.6) is 0 Å². The normalized spacial score (nSPS) is 11.2. The molecule has 0 saturated heterocycles. The Morgan fingerprint density at radius 1 is 0.378 bits per heavy atom. The first-order valence-electron chi connectivity index (χ1n) is 11.0. The van der Waals surface area contributed by atoms with Gasteiger partial charge in [0.1, 0.15) is 47.2 Å². The topological polar surface area (TPSA) is 150 Å². The van der Waals surface area contributed by atoms with E-state index in [1.54, 1.807) is 50.2 Å². The van der Waals surface area contributed by atoms with Gasteiger partial charge in [-0.1, -0.05) is 0 Å². The van der Waals surface area contributed by atoms with Crippen LogP contribution >= 0.6 is 0 Å². The van der Waals surface area contributed by atoms with Gasteiger partial charge in [-0.3, -0.25) is 14.7 Å². The van der Waals surface area contributed by atoms with Gasteiger partial charge in [-0.2, -0.15) is 15.0 Å². The van der Waals surface area contributed by atoms with Crippen LogP contribution in [0.1, 0.15) is 0 Å². The van der Waals surface area contributed by atoms with Crippen LogP contribution in [0.2, 0.25) is 0 Å². The molecule has 0 bridgehead atoms. The minimum absolute atomic E-state index is 0.00514. The minimum Gasteiger partial charge on any atom is -0.364 e. The number of hydrogen-bond donors (Lipinski definition) is 0. The Kier molecular flexibility index (Phi) is 19.6. The molecule has 216 valence electrons. The monoisotopic (exact) mass is 540 g/mol. The Labute approximate surface area is 217 Å². The van der Waals surface area contributed by atoms with E-state index in [4.69, 9.17) is 52.1 Å². The van der Waals surface area contributed by atoms with Crippen LogP contribution in [0, 0.1) is 0 Å². The van der Waals surface area contributed by atoms with Gasteiger partial charge in [0.15, 0.2) is 27.2 Å². The van der Waals surface area contributed by atoms with Gasteiger partial charge in [-0.05, 0) is 0 Å². The molecular weight excluding hydrogens is 500 g/mol. The van der Waals surface area contributed by atoms with Gasteiger partial charge in [-0.15, -0.1) is 0 Å². The quantitative estimate of drug-likeness (QED) is 0.119. The Bertz CT molecular complexity index is 635. The number of anilines is 3. The van der Waals surface area contributed by atoms with Gasteiger partial charge in [0.05, 0.1) is 0 Å². The molecule has 0 aliphatic rings. The van der Waals surface area contributed by atoms with Gasteiger partial charge in [0.25, 0.3) is 0 Å². The van der Waals surface area contributed by atoms with E-state index in [0.29, 0.717) is 11.9 Å². The summed E-state index contributed by atoms with van der Waals surface area (Å²) in [6, 6.07) is 0. The molecule has 0 amide bonds. The highest BCUT2D eigenvalue weighted by Gasteiger charge is 2.21. The van der Waals surface area contributed by atoms with Crippen molar-refractivity contribution in [2.45, 2.75) is 0 Å². The van der Waals surface area contributed by atoms with Crippen molar-refractivity contribution in [3.8, 4) is 0 Å². The van der Waals surface area contributed by atoms with E-state index in [2.05, 4.69) is 15.0 Å². The number of nitrogens with zero attached hydrogens (tertiary/aromatic N) is 6. The lowest BCUT2D eigenvalue weighted by Gasteiger charge is -2.27. The molecule has 0 atom stereocenters. The molecule has 0 N–H and O–H groups in total. The first-order valence-corrected chi connectivity index (χ1v) is 11.0. The average Bonchev–Trinajstić information content (AvgIpc) is 2.90. The Balaban J connectivity index is 2.85. The van der Waals surface area contributed by atoms with Crippen molar-refractivity contribution in [3.05, 3.63) is 0 Å². The summed E-state index contributed by atoms with van der Waals surface area (Å²) in [7, 11) is 9.30. The fourth-order valence-corrected chi connectivity index (χ4v) is 2.61. The first kappa shape index (κ1) is 33.0. The molecule has 0 aliphatic heterocycles. The summed E-state index contributed by atoms with van der Waals surface area (Å²) < 4.78 is 57.2. The van der Waals surface area contributed by atoms with Gasteiger partial charge >= 0.3 is 0 Å². The largest absolute Gasteiger partial charge is 0.364 e. The molecule has 0 aliphatic carbocycles. The van der Waals surface area contributed by atoms with Crippen molar-refractivity contribution in [2.75, 3.05) is 132 Å². The first-order chi connectivity index (χ1) is 18.1. The third kappa shape index (κ3) is 13.9. The van der Waals surface area contributed by atoms with E-state index in [-0.39, 0.29) is 80.3 Å². The molecule has 0 saturated carbocycles. The van der Waals surface area contributed by atoms with Crippen LogP contribution in [-0.4, -0.2) is 132 Å². The minimum atomic E-state index is -0.0653. The average molecular weight is 541 g/mol. The molecular formula is C20H40N6O11. The molecule has 0 fully saturated rings. The van der Waals surface area contributed by atoms with Gasteiger partial charge in [0, 0.05) is 42.7 Å². The SMILES string of the molecule is COCOCOCOCOCOCN(COC)c1nc(N(COC)COC)nc(N(COC)COC)n1. The van der Waals surface area contributed by atoms with Crippen LogP contribution in [0.3, 0.4) is 0 Å². The molecule has 37 heavy (non-hydrogen) atoms. The van der Waals surface area contributed by atoms with E-state index in [1.165, 1.54) is 7.11 Å². The molecule has 1 heterocycles. The van der Waals surface area contributed by atoms with Crippen LogP contribution < -0.4 is 14.7 Å². The lowest BCUT2D eigenvalue weighted by atomic mass is 10.6. The molecule has 1 aromatic rings. The predicted molar refractivity (Wildman–Crippen MR) is 128 cm³/mol. The van der Waals surface area contributed by atoms with Crippen LogP contribution in [0.15, 0.2) is 0 Å². The highest BCUT2D eigenvalue weighted by molar-refractivity contribution is 5.45. The van der Waals surface area contributed by atoms with Crippen molar-refractivity contribution >= 4 is 17.8 Å². The molecule has 17 nitrogen and oxygen atoms in total. The van der Waals surface area contributed by atoms with Crippen molar-refractivity contribution in [3.63, 3.8) is 0 Å². The summed E-state index contributed by atoms with van der Waals surface area (Å²) in [6.07, 6.45) is 0. The maximum absolute atomic E-state index is 5.59. The smallest absolute Gasteiger partial charge is 0.235 e. The zero-order valence-corrected chi connectivity index (χ0v) is 22.5. The maximum atomic E-state index is 5.59. The van der Waals surface area contributed by atoms with E-state index in [0.717, 1.165) is 0 Å². The molecule has 0 spiro atoms. The molecule has 1 aromatic heterocycles. The van der Waals surface area contributed by atoms with Gasteiger partial charge in [0.2, 0.25) is 17.8 Å². The fraction of sp³-hybridized carbons (Fsp3) is 0.850. The number of hydrogen-bond acceptors (Lipinski definition) is 17. The van der Waals surface area contributed by atoms with Crippen molar-refractivity contribution in [1.82, 2.24) is 15.0 Å². The van der Waals surface area contributed by atoms with Crippen molar-refractivity contribution < 1.29 is 52.1 Å². The summed E-state index contributed by atoms with van der Waals surface area (Å²) >= 11 is 0. The second kappa shape index (κ2) is 22.0. The summed E-state index contributed by atoms with van der Waals surface area (Å²) in [4.78, 5) is 18.7.